The monoisotopic (exact) mass is 1010 g/mol. The Labute approximate surface area is 429 Å². The molecule has 0 aromatic heterocycles. The molecule has 0 radical (unpaired) electrons. The van der Waals surface area contributed by atoms with E-state index in [9.17, 15) is 28.9 Å². The first-order chi connectivity index (χ1) is 34.2. The molecule has 0 rings (SSSR count). The predicted octanol–water partition coefficient (Wildman–Crippen LogP) is 17.0. The maximum Gasteiger partial charge on any atom is 0.472 e. The Morgan fingerprint density at radius 3 is 0.986 bits per heavy atom. The number of hydrogen-bond acceptors (Lipinski definition) is 10. The molecule has 0 aliphatic rings. The van der Waals surface area contributed by atoms with Crippen molar-refractivity contribution in [1.29, 1.82) is 0 Å². The number of allylic oxidation sites excluding steroid dienone is 4. The third-order valence-corrected chi connectivity index (χ3v) is 13.8. The van der Waals surface area contributed by atoms with Crippen LogP contribution in [0.5, 0.6) is 0 Å². The molecule has 3 atom stereocenters. The second-order valence-corrected chi connectivity index (χ2v) is 21.3. The third kappa shape index (κ3) is 50.9. The van der Waals surface area contributed by atoms with Gasteiger partial charge in [-0.05, 0) is 70.6 Å². The highest BCUT2D eigenvalue weighted by Crippen LogP contribution is 2.43. The summed E-state index contributed by atoms with van der Waals surface area (Å²) in [5, 5.41) is 9.81. The van der Waals surface area contributed by atoms with Gasteiger partial charge in [-0.1, -0.05) is 225 Å². The predicted molar refractivity (Wildman–Crippen MR) is 289 cm³/mol. The summed E-state index contributed by atoms with van der Waals surface area (Å²) in [6.07, 6.45) is 52.7. The van der Waals surface area contributed by atoms with Crippen molar-refractivity contribution < 1.29 is 52.2 Å². The molecule has 412 valence electrons. The van der Waals surface area contributed by atoms with Gasteiger partial charge in [0.1, 0.15) is 12.7 Å². The van der Waals surface area contributed by atoms with Gasteiger partial charge in [0.2, 0.25) is 0 Å². The van der Waals surface area contributed by atoms with Gasteiger partial charge in [0.05, 0.1) is 19.8 Å². The van der Waals surface area contributed by atoms with Crippen molar-refractivity contribution in [3.63, 3.8) is 0 Å². The van der Waals surface area contributed by atoms with Crippen molar-refractivity contribution in [2.24, 2.45) is 0 Å². The van der Waals surface area contributed by atoms with E-state index in [2.05, 4.69) is 45.1 Å². The summed E-state index contributed by atoms with van der Waals surface area (Å²) in [6, 6.07) is 0. The smallest absolute Gasteiger partial charge is 0.462 e. The van der Waals surface area contributed by atoms with Crippen LogP contribution in [-0.4, -0.2) is 66.5 Å². The van der Waals surface area contributed by atoms with E-state index in [1.807, 2.05) is 0 Å². The molecule has 0 aliphatic carbocycles. The minimum Gasteiger partial charge on any atom is -0.462 e. The van der Waals surface area contributed by atoms with Crippen molar-refractivity contribution >= 4 is 25.7 Å². The number of phosphoric acid groups is 1. The molecule has 0 saturated carbocycles. The van der Waals surface area contributed by atoms with Gasteiger partial charge in [-0.3, -0.25) is 23.4 Å². The molecule has 0 spiro atoms. The van der Waals surface area contributed by atoms with Gasteiger partial charge in [-0.15, -0.1) is 0 Å². The average molecular weight is 1010 g/mol. The summed E-state index contributed by atoms with van der Waals surface area (Å²) in [6.45, 7) is 4.66. The normalized spacial score (nSPS) is 13.5. The lowest BCUT2D eigenvalue weighted by molar-refractivity contribution is -0.161. The minimum absolute atomic E-state index is 0.167. The van der Waals surface area contributed by atoms with Crippen LogP contribution in [0.15, 0.2) is 24.3 Å². The van der Waals surface area contributed by atoms with Crippen LogP contribution < -0.4 is 0 Å². The number of aliphatic hydroxyl groups is 1. The van der Waals surface area contributed by atoms with Crippen LogP contribution in [-0.2, 0) is 42.2 Å². The maximum absolute atomic E-state index is 12.9. The Kier molecular flexibility index (Phi) is 51.7. The lowest BCUT2D eigenvalue weighted by atomic mass is 10.1. The van der Waals surface area contributed by atoms with Crippen molar-refractivity contribution in [1.82, 2.24) is 0 Å². The van der Waals surface area contributed by atoms with E-state index in [-0.39, 0.29) is 25.9 Å². The fraction of sp³-hybridized carbons (Fsp3) is 0.879. The summed E-state index contributed by atoms with van der Waals surface area (Å²) >= 11 is 0. The van der Waals surface area contributed by atoms with Crippen molar-refractivity contribution in [2.75, 3.05) is 26.4 Å². The van der Waals surface area contributed by atoms with Crippen molar-refractivity contribution in [3.8, 4) is 0 Å². The van der Waals surface area contributed by atoms with Crippen LogP contribution in [0.4, 0.5) is 0 Å². The molecule has 0 aromatic rings. The van der Waals surface area contributed by atoms with Gasteiger partial charge in [-0.2, -0.15) is 0 Å². The Hall–Kier alpha value is -2.04. The second-order valence-electron chi connectivity index (χ2n) is 19.8. The molecule has 70 heavy (non-hydrogen) atoms. The number of hydrogen-bond donors (Lipinski definition) is 2. The second kappa shape index (κ2) is 53.3. The van der Waals surface area contributed by atoms with Crippen LogP contribution in [0.3, 0.4) is 0 Å². The highest BCUT2D eigenvalue weighted by Gasteiger charge is 2.28. The van der Waals surface area contributed by atoms with E-state index in [0.29, 0.717) is 19.3 Å². The highest BCUT2D eigenvalue weighted by atomic mass is 31.2. The summed E-state index contributed by atoms with van der Waals surface area (Å²) in [5.41, 5.74) is 0. The largest absolute Gasteiger partial charge is 0.472 e. The lowest BCUT2D eigenvalue weighted by Crippen LogP contribution is -2.30. The molecule has 2 N–H and O–H groups in total. The molecular weight excluding hydrogens is 904 g/mol. The summed E-state index contributed by atoms with van der Waals surface area (Å²) in [5.74, 6) is -1.46. The average Bonchev–Trinajstić information content (AvgIpc) is 3.35. The van der Waals surface area contributed by atoms with E-state index in [1.54, 1.807) is 0 Å². The molecule has 0 heterocycles. The number of unbranched alkanes of at least 4 members (excludes halogenated alkanes) is 34. The molecule has 0 amide bonds. The number of aliphatic hydroxyl groups excluding tert-OH is 1. The van der Waals surface area contributed by atoms with E-state index >= 15 is 0 Å². The molecule has 11 nitrogen and oxygen atoms in total. The summed E-state index contributed by atoms with van der Waals surface area (Å²) in [7, 11) is -4.74. The third-order valence-electron chi connectivity index (χ3n) is 12.8. The zero-order valence-corrected chi connectivity index (χ0v) is 46.4. The molecule has 0 aliphatic heterocycles. The van der Waals surface area contributed by atoms with Crippen LogP contribution in [0.1, 0.15) is 290 Å². The van der Waals surface area contributed by atoms with Crippen LogP contribution >= 0.6 is 7.82 Å². The zero-order chi connectivity index (χ0) is 51.3. The van der Waals surface area contributed by atoms with Crippen LogP contribution in [0.2, 0.25) is 0 Å². The maximum atomic E-state index is 12.9. The van der Waals surface area contributed by atoms with Gasteiger partial charge in [-0.25, -0.2) is 4.57 Å². The Balaban J connectivity index is 4.66. The van der Waals surface area contributed by atoms with Gasteiger partial charge in [0.25, 0.3) is 0 Å². The molecule has 0 fully saturated rings. The van der Waals surface area contributed by atoms with Crippen LogP contribution in [0, 0.1) is 0 Å². The van der Waals surface area contributed by atoms with E-state index in [1.165, 1.54) is 148 Å². The standard InChI is InChI=1S/C58H109O11P/c1-4-7-10-13-16-19-22-24-26-27-29-31-34-37-40-43-46-49-58(62)69-55(51-65-56(60)47-44-41-38-35-32-21-18-15-12-9-6-3)53-67-70(63,64)66-52-54(50-59)68-57(61)48-45-42-39-36-33-30-28-25-23-20-17-14-11-8-5-2/h24-26,28,54-55,59H,4-23,27,29-53H2,1-3H3,(H,63,64)/b26-24-,28-25-. The summed E-state index contributed by atoms with van der Waals surface area (Å²) < 4.78 is 39.5. The number of carbonyl (C=O) groups excluding carboxylic acids is 3. The Morgan fingerprint density at radius 1 is 0.386 bits per heavy atom. The minimum atomic E-state index is -4.74. The first-order valence-electron chi connectivity index (χ1n) is 29.2. The summed E-state index contributed by atoms with van der Waals surface area (Å²) in [4.78, 5) is 48.5. The van der Waals surface area contributed by atoms with Crippen molar-refractivity contribution in [2.45, 2.75) is 303 Å². The fourth-order valence-electron chi connectivity index (χ4n) is 8.35. The van der Waals surface area contributed by atoms with Gasteiger partial charge < -0.3 is 24.2 Å². The zero-order valence-electron chi connectivity index (χ0n) is 45.5. The van der Waals surface area contributed by atoms with Gasteiger partial charge in [0, 0.05) is 19.3 Å². The van der Waals surface area contributed by atoms with E-state index in [4.69, 9.17) is 23.3 Å². The number of rotatable bonds is 55. The molecule has 0 saturated heterocycles. The number of carbonyl (C=O) groups is 3. The molecule has 12 heteroatoms. The molecule has 3 unspecified atom stereocenters. The molecule has 0 bridgehead atoms. The van der Waals surface area contributed by atoms with Crippen LogP contribution in [0.25, 0.3) is 0 Å². The molecule has 0 aromatic carbocycles. The number of esters is 3. The number of ether oxygens (including phenoxy) is 3. The first-order valence-corrected chi connectivity index (χ1v) is 30.7. The Morgan fingerprint density at radius 2 is 0.657 bits per heavy atom. The number of phosphoric ester groups is 1. The highest BCUT2D eigenvalue weighted by molar-refractivity contribution is 7.47. The topological polar surface area (TPSA) is 155 Å². The molecular formula is C58H109O11P. The quantitative estimate of drug-likeness (QED) is 0.0197. The SMILES string of the molecule is CCCCCCCC/C=C\CCCCCCCCCC(=O)OC(COC(=O)CCCCCCCCCCCCC)COP(=O)(O)OCC(CO)OC(=O)CCCCCCC/C=C\CCCCCCCC. The lowest BCUT2D eigenvalue weighted by Gasteiger charge is -2.21. The Bertz CT molecular complexity index is 1270. The van der Waals surface area contributed by atoms with E-state index < -0.39 is 57.8 Å². The first kappa shape index (κ1) is 68.0. The van der Waals surface area contributed by atoms with E-state index in [0.717, 1.165) is 83.5 Å². The van der Waals surface area contributed by atoms with Crippen molar-refractivity contribution in [3.05, 3.63) is 24.3 Å². The van der Waals surface area contributed by atoms with Gasteiger partial charge in [0.15, 0.2) is 6.10 Å². The van der Waals surface area contributed by atoms with Gasteiger partial charge >= 0.3 is 25.7 Å². The fourth-order valence-corrected chi connectivity index (χ4v) is 9.13.